The van der Waals surface area contributed by atoms with Crippen molar-refractivity contribution in [2.24, 2.45) is 0 Å². The molecule has 48 heavy (non-hydrogen) atoms. The van der Waals surface area contributed by atoms with Gasteiger partial charge in [-0.3, -0.25) is 0 Å². The van der Waals surface area contributed by atoms with Crippen LogP contribution in [0.15, 0.2) is 54.6 Å². The summed E-state index contributed by atoms with van der Waals surface area (Å²) in [6, 6.07) is 16.5. The van der Waals surface area contributed by atoms with Gasteiger partial charge in [0.05, 0.1) is 11.5 Å². The number of nitrogens with one attached hydrogen (secondary N) is 1. The SMILES string of the molecule is CCCCCc1cc(CCc2c(O)c(O)c3c(O)cccc3c2/C=C/c2ccc(O)c(O)c2)ccc1CN[C@@H]1CCO[C@H](CCCO)C1. The van der Waals surface area contributed by atoms with Gasteiger partial charge >= 0.3 is 0 Å². The van der Waals surface area contributed by atoms with Gasteiger partial charge in [0, 0.05) is 31.4 Å². The number of aromatic hydroxyl groups is 5. The molecule has 0 unspecified atom stereocenters. The molecule has 0 amide bonds. The highest BCUT2D eigenvalue weighted by molar-refractivity contribution is 6.03. The van der Waals surface area contributed by atoms with Crippen molar-refractivity contribution in [3.8, 4) is 28.7 Å². The quantitative estimate of drug-likeness (QED) is 0.0397. The minimum atomic E-state index is -0.356. The van der Waals surface area contributed by atoms with E-state index >= 15 is 0 Å². The fourth-order valence-corrected chi connectivity index (χ4v) is 6.75. The molecule has 0 bridgehead atoms. The van der Waals surface area contributed by atoms with Crippen LogP contribution in [0.5, 0.6) is 28.7 Å². The minimum absolute atomic E-state index is 0.133. The van der Waals surface area contributed by atoms with Crippen LogP contribution in [0.3, 0.4) is 0 Å². The summed E-state index contributed by atoms with van der Waals surface area (Å²) in [4.78, 5) is 0. The highest BCUT2D eigenvalue weighted by Gasteiger charge is 2.23. The molecule has 1 aliphatic rings. The lowest BCUT2D eigenvalue weighted by Crippen LogP contribution is -2.38. The van der Waals surface area contributed by atoms with E-state index in [-0.39, 0.29) is 46.8 Å². The average molecular weight is 656 g/mol. The van der Waals surface area contributed by atoms with E-state index < -0.39 is 0 Å². The first-order valence-corrected chi connectivity index (χ1v) is 17.2. The van der Waals surface area contributed by atoms with Gasteiger partial charge in [-0.05, 0) is 103 Å². The maximum Gasteiger partial charge on any atom is 0.169 e. The number of unbranched alkanes of at least 4 members (excludes halogenated alkanes) is 2. The summed E-state index contributed by atoms with van der Waals surface area (Å²) >= 11 is 0. The number of aliphatic hydroxyl groups excluding tert-OH is 1. The van der Waals surface area contributed by atoms with E-state index in [1.807, 2.05) is 0 Å². The predicted molar refractivity (Wildman–Crippen MR) is 191 cm³/mol. The molecule has 1 aliphatic heterocycles. The lowest BCUT2D eigenvalue weighted by molar-refractivity contribution is -0.00623. The zero-order valence-corrected chi connectivity index (χ0v) is 27.8. The molecule has 4 aromatic carbocycles. The molecular formula is C40H49NO7. The van der Waals surface area contributed by atoms with Crippen molar-refractivity contribution in [2.45, 2.75) is 89.8 Å². The monoisotopic (exact) mass is 655 g/mol. The van der Waals surface area contributed by atoms with Gasteiger partial charge in [-0.15, -0.1) is 0 Å². The third kappa shape index (κ3) is 8.61. The van der Waals surface area contributed by atoms with Crippen LogP contribution in [0.2, 0.25) is 0 Å². The maximum atomic E-state index is 11.3. The van der Waals surface area contributed by atoms with Gasteiger partial charge in [0.1, 0.15) is 5.75 Å². The Morgan fingerprint density at radius 3 is 2.46 bits per heavy atom. The van der Waals surface area contributed by atoms with Crippen molar-refractivity contribution < 1.29 is 35.4 Å². The molecule has 1 saturated heterocycles. The Morgan fingerprint density at radius 2 is 1.67 bits per heavy atom. The summed E-state index contributed by atoms with van der Waals surface area (Å²) in [6.45, 7) is 3.92. The zero-order valence-electron chi connectivity index (χ0n) is 27.8. The number of phenols is 5. The first-order valence-electron chi connectivity index (χ1n) is 17.2. The van der Waals surface area contributed by atoms with Gasteiger partial charge in [0.2, 0.25) is 0 Å². The highest BCUT2D eigenvalue weighted by Crippen LogP contribution is 2.45. The molecule has 8 heteroatoms. The van der Waals surface area contributed by atoms with E-state index in [9.17, 15) is 30.6 Å². The lowest BCUT2D eigenvalue weighted by atomic mass is 9.90. The standard InChI is InChI=1S/C40H49NO7/c1-2-3-4-7-28-22-26(11-15-29(28)25-41-30-19-21-48-31(24-30)8-6-20-42)13-17-34-32(16-12-27-14-18-35(43)37(45)23-27)33-9-5-10-36(44)38(33)40(47)39(34)46/h5,9-12,14-16,18,22-23,30-31,41-47H,2-4,6-8,13,17,19-21,24-25H2,1H3/b16-12+/t30-,31-/m1/s1. The Morgan fingerprint density at radius 1 is 0.812 bits per heavy atom. The molecule has 1 fully saturated rings. The fraction of sp³-hybridized carbons (Fsp3) is 0.400. The first kappa shape index (κ1) is 35.1. The Labute approximate surface area is 283 Å². The van der Waals surface area contributed by atoms with Gasteiger partial charge in [-0.1, -0.05) is 68.3 Å². The van der Waals surface area contributed by atoms with Crippen molar-refractivity contribution in [3.63, 3.8) is 0 Å². The molecule has 0 aliphatic carbocycles. The number of ether oxygens (including phenoxy) is 1. The fourth-order valence-electron chi connectivity index (χ4n) is 6.75. The van der Waals surface area contributed by atoms with E-state index in [0.717, 1.165) is 70.1 Å². The van der Waals surface area contributed by atoms with Gasteiger partial charge in [-0.25, -0.2) is 0 Å². The smallest absolute Gasteiger partial charge is 0.169 e. The summed E-state index contributed by atoms with van der Waals surface area (Å²) in [6.07, 6.45) is 12.8. The number of fused-ring (bicyclic) bond motifs is 1. The number of hydrogen-bond acceptors (Lipinski definition) is 8. The Balaban J connectivity index is 1.39. The second-order valence-electron chi connectivity index (χ2n) is 12.9. The molecule has 256 valence electrons. The average Bonchev–Trinajstić information content (AvgIpc) is 3.09. The molecular weight excluding hydrogens is 606 g/mol. The van der Waals surface area contributed by atoms with E-state index in [0.29, 0.717) is 41.0 Å². The van der Waals surface area contributed by atoms with Crippen molar-refractivity contribution in [2.75, 3.05) is 13.2 Å². The molecule has 4 aromatic rings. The number of hydrogen-bond donors (Lipinski definition) is 7. The molecule has 1 heterocycles. The molecule has 8 nitrogen and oxygen atoms in total. The highest BCUT2D eigenvalue weighted by atomic mass is 16.5. The number of rotatable bonds is 15. The molecule has 0 saturated carbocycles. The third-order valence-corrected chi connectivity index (χ3v) is 9.46. The van der Waals surface area contributed by atoms with Crippen LogP contribution in [0.4, 0.5) is 0 Å². The summed E-state index contributed by atoms with van der Waals surface area (Å²) < 4.78 is 5.91. The van der Waals surface area contributed by atoms with Gasteiger partial charge < -0.3 is 40.7 Å². The van der Waals surface area contributed by atoms with Gasteiger partial charge in [0.25, 0.3) is 0 Å². The summed E-state index contributed by atoms with van der Waals surface area (Å²) in [5.41, 5.74) is 5.59. The van der Waals surface area contributed by atoms with Crippen molar-refractivity contribution >= 4 is 22.9 Å². The molecule has 2 atom stereocenters. The summed E-state index contributed by atoms with van der Waals surface area (Å²) in [5, 5.41) is 66.3. The lowest BCUT2D eigenvalue weighted by Gasteiger charge is -2.30. The van der Waals surface area contributed by atoms with E-state index in [2.05, 4.69) is 30.4 Å². The number of benzene rings is 4. The van der Waals surface area contributed by atoms with Crippen LogP contribution in [-0.4, -0.2) is 56.0 Å². The normalized spacial score (nSPS) is 16.6. The van der Waals surface area contributed by atoms with E-state index in [1.165, 1.54) is 29.3 Å². The Hall–Kier alpha value is -4.24. The van der Waals surface area contributed by atoms with Crippen molar-refractivity contribution in [1.82, 2.24) is 5.32 Å². The van der Waals surface area contributed by atoms with Crippen LogP contribution in [0.25, 0.3) is 22.9 Å². The summed E-state index contributed by atoms with van der Waals surface area (Å²) in [5.74, 6) is -1.21. The zero-order chi connectivity index (χ0) is 34.0. The van der Waals surface area contributed by atoms with Gasteiger partial charge in [0.15, 0.2) is 23.0 Å². The molecule has 0 radical (unpaired) electrons. The van der Waals surface area contributed by atoms with Crippen molar-refractivity contribution in [1.29, 1.82) is 0 Å². The van der Waals surface area contributed by atoms with Crippen LogP contribution in [0, 0.1) is 0 Å². The van der Waals surface area contributed by atoms with Gasteiger partial charge in [-0.2, -0.15) is 0 Å². The summed E-state index contributed by atoms with van der Waals surface area (Å²) in [7, 11) is 0. The number of phenolic OH excluding ortho intramolecular Hbond substituents is 5. The minimum Gasteiger partial charge on any atom is -0.507 e. The van der Waals surface area contributed by atoms with E-state index in [1.54, 1.807) is 30.4 Å². The van der Waals surface area contributed by atoms with E-state index in [4.69, 9.17) is 4.74 Å². The molecule has 5 rings (SSSR count). The number of aryl methyl sites for hydroxylation is 2. The third-order valence-electron chi connectivity index (χ3n) is 9.46. The molecule has 0 aromatic heterocycles. The molecule has 7 N–H and O–H groups in total. The van der Waals surface area contributed by atoms with Crippen LogP contribution >= 0.6 is 0 Å². The van der Waals surface area contributed by atoms with Crippen LogP contribution in [0.1, 0.15) is 85.3 Å². The number of aliphatic hydroxyl groups is 1. The largest absolute Gasteiger partial charge is 0.507 e. The second-order valence-corrected chi connectivity index (χ2v) is 12.9. The first-order chi connectivity index (χ1) is 23.3. The predicted octanol–water partition coefficient (Wildman–Crippen LogP) is 7.47. The Bertz CT molecular complexity index is 1720. The molecule has 0 spiro atoms. The Kier molecular flexibility index (Phi) is 12.2. The maximum absolute atomic E-state index is 11.3. The second kappa shape index (κ2) is 16.7. The van der Waals surface area contributed by atoms with Crippen molar-refractivity contribution in [3.05, 3.63) is 88.0 Å². The van der Waals surface area contributed by atoms with Crippen LogP contribution in [-0.2, 0) is 30.5 Å². The topological polar surface area (TPSA) is 143 Å². The van der Waals surface area contributed by atoms with Crippen LogP contribution < -0.4 is 5.32 Å².